The second-order valence-corrected chi connectivity index (χ2v) is 7.29. The number of hydrogen-bond donors (Lipinski definition) is 1. The van der Waals surface area contributed by atoms with E-state index in [2.05, 4.69) is 5.32 Å². The molecule has 1 fully saturated rings. The van der Waals surface area contributed by atoms with Crippen LogP contribution in [0.15, 0.2) is 18.2 Å². The van der Waals surface area contributed by atoms with Gasteiger partial charge >= 0.3 is 7.12 Å². The minimum atomic E-state index is -0.636. The van der Waals surface area contributed by atoms with E-state index in [4.69, 9.17) is 14.0 Å². The summed E-state index contributed by atoms with van der Waals surface area (Å²) in [6.07, 6.45) is 0. The van der Waals surface area contributed by atoms with Gasteiger partial charge in [0.05, 0.1) is 11.2 Å². The number of amides is 1. The number of ether oxygens (including phenoxy) is 1. The summed E-state index contributed by atoms with van der Waals surface area (Å²) in [4.78, 5) is 11.6. The molecule has 0 saturated carbocycles. The summed E-state index contributed by atoms with van der Waals surface area (Å²) in [7, 11) is -0.636. The SMILES string of the molecule is CC(C)NC(=O)COc1ccc(B2OC(C)(C)C(C)(C)O2)cc1F. The molecule has 0 radical (unpaired) electrons. The summed E-state index contributed by atoms with van der Waals surface area (Å²) in [6, 6.07) is 4.49. The van der Waals surface area contributed by atoms with Crippen molar-refractivity contribution in [2.24, 2.45) is 0 Å². The highest BCUT2D eigenvalue weighted by Crippen LogP contribution is 2.36. The zero-order chi connectivity index (χ0) is 18.1. The zero-order valence-corrected chi connectivity index (χ0v) is 15.1. The number of carbonyl (C=O) groups excluding carboxylic acids is 1. The fourth-order valence-corrected chi connectivity index (χ4v) is 2.27. The van der Waals surface area contributed by atoms with E-state index in [9.17, 15) is 9.18 Å². The molecule has 1 aromatic carbocycles. The Balaban J connectivity index is 2.04. The van der Waals surface area contributed by atoms with Crippen molar-refractivity contribution in [2.45, 2.75) is 58.8 Å². The maximum absolute atomic E-state index is 14.2. The van der Waals surface area contributed by atoms with Gasteiger partial charge in [-0.3, -0.25) is 4.79 Å². The van der Waals surface area contributed by atoms with Gasteiger partial charge < -0.3 is 19.4 Å². The Labute approximate surface area is 143 Å². The topological polar surface area (TPSA) is 56.8 Å². The average molecular weight is 337 g/mol. The van der Waals surface area contributed by atoms with Crippen molar-refractivity contribution in [3.05, 3.63) is 24.0 Å². The Hall–Kier alpha value is -1.60. The number of hydrogen-bond acceptors (Lipinski definition) is 4. The van der Waals surface area contributed by atoms with E-state index in [-0.39, 0.29) is 24.3 Å². The lowest BCUT2D eigenvalue weighted by molar-refractivity contribution is -0.123. The second kappa shape index (κ2) is 6.72. The standard InChI is InChI=1S/C17H25BFNO4/c1-11(2)20-15(21)10-22-14-8-7-12(9-13(14)19)18-23-16(3,4)17(5,6)24-18/h7-9,11H,10H2,1-6H3,(H,20,21). The Morgan fingerprint density at radius 3 is 2.33 bits per heavy atom. The summed E-state index contributed by atoms with van der Waals surface area (Å²) in [5, 5.41) is 2.68. The molecule has 0 spiro atoms. The highest BCUT2D eigenvalue weighted by molar-refractivity contribution is 6.62. The van der Waals surface area contributed by atoms with E-state index < -0.39 is 24.1 Å². The summed E-state index contributed by atoms with van der Waals surface area (Å²) in [5.74, 6) is -0.826. The number of rotatable bonds is 5. The van der Waals surface area contributed by atoms with Crippen LogP contribution in [0.1, 0.15) is 41.5 Å². The number of benzene rings is 1. The molecule has 5 nitrogen and oxygen atoms in total. The molecule has 0 atom stereocenters. The van der Waals surface area contributed by atoms with Crippen molar-refractivity contribution >= 4 is 18.5 Å². The van der Waals surface area contributed by atoms with Gasteiger partial charge in [-0.05, 0) is 59.1 Å². The first kappa shape index (κ1) is 18.7. The molecule has 1 amide bonds. The molecule has 0 bridgehead atoms. The van der Waals surface area contributed by atoms with Crippen LogP contribution in [0.2, 0.25) is 0 Å². The van der Waals surface area contributed by atoms with Crippen LogP contribution in [-0.2, 0) is 14.1 Å². The highest BCUT2D eigenvalue weighted by Gasteiger charge is 2.51. The fraction of sp³-hybridized carbons (Fsp3) is 0.588. The van der Waals surface area contributed by atoms with E-state index in [1.54, 1.807) is 6.07 Å². The molecule has 0 unspecified atom stereocenters. The third-order valence-corrected chi connectivity index (χ3v) is 4.29. The molecule has 1 saturated heterocycles. The van der Waals surface area contributed by atoms with Crippen LogP contribution in [0.25, 0.3) is 0 Å². The van der Waals surface area contributed by atoms with Crippen molar-refractivity contribution < 1.29 is 23.2 Å². The van der Waals surface area contributed by atoms with Gasteiger partial charge in [0.15, 0.2) is 18.2 Å². The molecule has 0 aliphatic carbocycles. The van der Waals surface area contributed by atoms with Gasteiger partial charge in [-0.2, -0.15) is 0 Å². The molecule has 7 heteroatoms. The van der Waals surface area contributed by atoms with Gasteiger partial charge in [-0.1, -0.05) is 6.07 Å². The first-order chi connectivity index (χ1) is 11.0. The van der Waals surface area contributed by atoms with E-state index in [1.807, 2.05) is 41.5 Å². The van der Waals surface area contributed by atoms with Gasteiger partial charge in [0.2, 0.25) is 0 Å². The predicted molar refractivity (Wildman–Crippen MR) is 90.9 cm³/mol. The fourth-order valence-electron chi connectivity index (χ4n) is 2.27. The summed E-state index contributed by atoms with van der Waals surface area (Å²) in [6.45, 7) is 11.2. The highest BCUT2D eigenvalue weighted by atomic mass is 19.1. The molecule has 1 aliphatic rings. The van der Waals surface area contributed by atoms with E-state index in [0.29, 0.717) is 5.46 Å². The van der Waals surface area contributed by atoms with Crippen LogP contribution in [-0.4, -0.2) is 36.9 Å². The lowest BCUT2D eigenvalue weighted by Crippen LogP contribution is -2.41. The van der Waals surface area contributed by atoms with Crippen molar-refractivity contribution in [1.82, 2.24) is 5.32 Å². The van der Waals surface area contributed by atoms with Crippen molar-refractivity contribution in [2.75, 3.05) is 6.61 Å². The monoisotopic (exact) mass is 337 g/mol. The molecule has 1 aromatic rings. The Bertz CT molecular complexity index is 603. The second-order valence-electron chi connectivity index (χ2n) is 7.29. The smallest absolute Gasteiger partial charge is 0.481 e. The zero-order valence-electron chi connectivity index (χ0n) is 15.1. The van der Waals surface area contributed by atoms with E-state index >= 15 is 0 Å². The average Bonchev–Trinajstić information content (AvgIpc) is 2.65. The molecule has 24 heavy (non-hydrogen) atoms. The Morgan fingerprint density at radius 1 is 1.25 bits per heavy atom. The van der Waals surface area contributed by atoms with Crippen LogP contribution in [0, 0.1) is 5.82 Å². The summed E-state index contributed by atoms with van der Waals surface area (Å²) in [5.41, 5.74) is -0.402. The summed E-state index contributed by atoms with van der Waals surface area (Å²) < 4.78 is 31.3. The Kier molecular flexibility index (Phi) is 5.25. The predicted octanol–water partition coefficient (Wildman–Crippen LogP) is 2.03. The molecule has 1 aliphatic heterocycles. The molecular formula is C17H25BFNO4. The quantitative estimate of drug-likeness (QED) is 0.836. The van der Waals surface area contributed by atoms with E-state index in [0.717, 1.165) is 0 Å². The third-order valence-electron chi connectivity index (χ3n) is 4.29. The van der Waals surface area contributed by atoms with Crippen LogP contribution in [0.4, 0.5) is 4.39 Å². The lowest BCUT2D eigenvalue weighted by atomic mass is 9.79. The lowest BCUT2D eigenvalue weighted by Gasteiger charge is -2.32. The maximum atomic E-state index is 14.2. The van der Waals surface area contributed by atoms with Crippen molar-refractivity contribution in [3.63, 3.8) is 0 Å². The van der Waals surface area contributed by atoms with Gasteiger partial charge in [0.1, 0.15) is 0 Å². The van der Waals surface area contributed by atoms with Crippen LogP contribution < -0.4 is 15.5 Å². The van der Waals surface area contributed by atoms with Crippen molar-refractivity contribution in [1.29, 1.82) is 0 Å². The van der Waals surface area contributed by atoms with Gasteiger partial charge in [0, 0.05) is 6.04 Å². The van der Waals surface area contributed by atoms with Crippen LogP contribution >= 0.6 is 0 Å². The first-order valence-electron chi connectivity index (χ1n) is 8.09. The molecule has 0 aromatic heterocycles. The largest absolute Gasteiger partial charge is 0.494 e. The minimum absolute atomic E-state index is 0.0108. The maximum Gasteiger partial charge on any atom is 0.494 e. The number of carbonyl (C=O) groups is 1. The van der Waals surface area contributed by atoms with Crippen molar-refractivity contribution in [3.8, 4) is 5.75 Å². The number of nitrogens with one attached hydrogen (secondary N) is 1. The van der Waals surface area contributed by atoms with Gasteiger partial charge in [0.25, 0.3) is 5.91 Å². The molecule has 1 heterocycles. The molecule has 1 N–H and O–H groups in total. The van der Waals surface area contributed by atoms with E-state index in [1.165, 1.54) is 12.1 Å². The van der Waals surface area contributed by atoms with Gasteiger partial charge in [-0.25, -0.2) is 4.39 Å². The van der Waals surface area contributed by atoms with Crippen LogP contribution in [0.3, 0.4) is 0 Å². The Morgan fingerprint density at radius 2 is 1.83 bits per heavy atom. The molecule has 2 rings (SSSR count). The van der Waals surface area contributed by atoms with Gasteiger partial charge in [-0.15, -0.1) is 0 Å². The number of halogens is 1. The summed E-state index contributed by atoms with van der Waals surface area (Å²) >= 11 is 0. The minimum Gasteiger partial charge on any atom is -0.481 e. The first-order valence-corrected chi connectivity index (χ1v) is 8.09. The third kappa shape index (κ3) is 4.08. The van der Waals surface area contributed by atoms with Crippen LogP contribution in [0.5, 0.6) is 5.75 Å². The molecule has 132 valence electrons. The molecular weight excluding hydrogens is 312 g/mol. The normalized spacial score (nSPS) is 18.8.